The number of thioether (sulfide) groups is 1. The smallest absolute Gasteiger partial charge is 0.187 e. The van der Waals surface area contributed by atoms with Gasteiger partial charge in [-0.1, -0.05) is 11.8 Å². The molecule has 0 unspecified atom stereocenters. The fraction of sp³-hybridized carbons (Fsp3) is 0.467. The molecule has 0 saturated heterocycles. The average Bonchev–Trinajstić information content (AvgIpc) is 2.84. The summed E-state index contributed by atoms with van der Waals surface area (Å²) < 4.78 is 0. The fourth-order valence-corrected chi connectivity index (χ4v) is 3.38. The topological polar surface area (TPSA) is 49.2 Å². The highest BCUT2D eigenvalue weighted by molar-refractivity contribution is 7.98. The summed E-state index contributed by atoms with van der Waals surface area (Å²) in [6.45, 7) is 6.18. The minimum Gasteiger partial charge on any atom is -0.392 e. The van der Waals surface area contributed by atoms with E-state index in [4.69, 9.17) is 0 Å². The number of aliphatic hydroxyl groups is 1. The van der Waals surface area contributed by atoms with Gasteiger partial charge in [-0.25, -0.2) is 9.97 Å². The van der Waals surface area contributed by atoms with Crippen LogP contribution in [-0.2, 0) is 13.1 Å². The van der Waals surface area contributed by atoms with Gasteiger partial charge in [-0.2, -0.15) is 0 Å². The molecule has 0 fully saturated rings. The van der Waals surface area contributed by atoms with Crippen LogP contribution in [0.15, 0.2) is 29.0 Å². The molecule has 21 heavy (non-hydrogen) atoms. The van der Waals surface area contributed by atoms with E-state index in [2.05, 4.69) is 33.2 Å². The highest BCUT2D eigenvalue weighted by atomic mass is 32.2. The molecule has 0 aromatic carbocycles. The van der Waals surface area contributed by atoms with Crippen molar-refractivity contribution in [3.05, 3.63) is 39.8 Å². The number of thiophene rings is 1. The van der Waals surface area contributed by atoms with Gasteiger partial charge >= 0.3 is 0 Å². The Labute approximate surface area is 134 Å². The SMILES string of the molecule is CSc1ncc(CN(Cc2sccc2C)C[C@H](C)O)cn1. The molecule has 1 atom stereocenters. The van der Waals surface area contributed by atoms with E-state index in [1.807, 2.05) is 25.6 Å². The van der Waals surface area contributed by atoms with Crippen molar-refractivity contribution in [3.63, 3.8) is 0 Å². The Morgan fingerprint density at radius 2 is 2.05 bits per heavy atom. The van der Waals surface area contributed by atoms with Crippen LogP contribution in [0.25, 0.3) is 0 Å². The summed E-state index contributed by atoms with van der Waals surface area (Å²) in [6.07, 6.45) is 5.36. The molecule has 114 valence electrons. The molecule has 0 aliphatic carbocycles. The molecular weight excluding hydrogens is 302 g/mol. The number of aromatic nitrogens is 2. The predicted molar refractivity (Wildman–Crippen MR) is 88.7 cm³/mol. The number of aliphatic hydroxyl groups excluding tert-OH is 1. The van der Waals surface area contributed by atoms with Crippen LogP contribution in [0.2, 0.25) is 0 Å². The third-order valence-electron chi connectivity index (χ3n) is 3.13. The summed E-state index contributed by atoms with van der Waals surface area (Å²) in [7, 11) is 0. The maximum absolute atomic E-state index is 9.71. The second kappa shape index (κ2) is 7.89. The molecule has 0 aliphatic rings. The van der Waals surface area contributed by atoms with Gasteiger partial charge in [0.15, 0.2) is 5.16 Å². The first kappa shape index (κ1) is 16.4. The number of hydrogen-bond donors (Lipinski definition) is 1. The molecule has 0 aliphatic heterocycles. The van der Waals surface area contributed by atoms with Gasteiger partial charge in [0, 0.05) is 42.5 Å². The molecule has 0 bridgehead atoms. The van der Waals surface area contributed by atoms with Crippen molar-refractivity contribution in [2.75, 3.05) is 12.8 Å². The van der Waals surface area contributed by atoms with Crippen LogP contribution < -0.4 is 0 Å². The fourth-order valence-electron chi connectivity index (χ4n) is 2.12. The molecule has 0 amide bonds. The lowest BCUT2D eigenvalue weighted by Gasteiger charge is -2.23. The van der Waals surface area contributed by atoms with Crippen LogP contribution in [0.4, 0.5) is 0 Å². The van der Waals surface area contributed by atoms with Crippen molar-refractivity contribution < 1.29 is 5.11 Å². The van der Waals surface area contributed by atoms with Crippen LogP contribution in [0.5, 0.6) is 0 Å². The monoisotopic (exact) mass is 323 g/mol. The van der Waals surface area contributed by atoms with Gasteiger partial charge in [0.2, 0.25) is 0 Å². The first-order valence-corrected chi connectivity index (χ1v) is 8.97. The van der Waals surface area contributed by atoms with E-state index in [0.29, 0.717) is 6.54 Å². The van der Waals surface area contributed by atoms with E-state index >= 15 is 0 Å². The molecule has 2 aromatic rings. The molecule has 6 heteroatoms. The van der Waals surface area contributed by atoms with Crippen LogP contribution >= 0.6 is 23.1 Å². The van der Waals surface area contributed by atoms with Gasteiger partial charge in [-0.3, -0.25) is 4.90 Å². The number of hydrogen-bond acceptors (Lipinski definition) is 6. The maximum atomic E-state index is 9.71. The van der Waals surface area contributed by atoms with Gasteiger partial charge < -0.3 is 5.11 Å². The zero-order chi connectivity index (χ0) is 15.2. The molecule has 0 saturated carbocycles. The van der Waals surface area contributed by atoms with E-state index in [9.17, 15) is 5.11 Å². The summed E-state index contributed by atoms with van der Waals surface area (Å²) in [6, 6.07) is 2.14. The second-order valence-electron chi connectivity index (χ2n) is 5.12. The van der Waals surface area contributed by atoms with Gasteiger partial charge in [0.1, 0.15) is 0 Å². The van der Waals surface area contributed by atoms with Crippen molar-refractivity contribution in [2.45, 2.75) is 38.2 Å². The Morgan fingerprint density at radius 3 is 2.57 bits per heavy atom. The van der Waals surface area contributed by atoms with Crippen molar-refractivity contribution in [1.29, 1.82) is 0 Å². The zero-order valence-electron chi connectivity index (χ0n) is 12.6. The largest absolute Gasteiger partial charge is 0.392 e. The van der Waals surface area contributed by atoms with Crippen LogP contribution in [0.1, 0.15) is 22.9 Å². The minimum atomic E-state index is -0.350. The van der Waals surface area contributed by atoms with Crippen LogP contribution in [-0.4, -0.2) is 38.9 Å². The Bertz CT molecular complexity index is 554. The minimum absolute atomic E-state index is 0.350. The molecule has 2 rings (SSSR count). The van der Waals surface area contributed by atoms with Crippen LogP contribution in [0, 0.1) is 6.92 Å². The summed E-state index contributed by atoms with van der Waals surface area (Å²) in [4.78, 5) is 12.2. The number of nitrogens with zero attached hydrogens (tertiary/aromatic N) is 3. The summed E-state index contributed by atoms with van der Waals surface area (Å²) in [5.41, 5.74) is 2.38. The van der Waals surface area contributed by atoms with E-state index in [0.717, 1.165) is 23.8 Å². The molecule has 1 N–H and O–H groups in total. The molecule has 2 aromatic heterocycles. The summed E-state index contributed by atoms with van der Waals surface area (Å²) in [5.74, 6) is 0. The van der Waals surface area contributed by atoms with E-state index in [1.165, 1.54) is 22.2 Å². The van der Waals surface area contributed by atoms with Gasteiger partial charge in [-0.05, 0) is 37.1 Å². The highest BCUT2D eigenvalue weighted by Gasteiger charge is 2.12. The highest BCUT2D eigenvalue weighted by Crippen LogP contribution is 2.19. The molecule has 2 heterocycles. The summed E-state index contributed by atoms with van der Waals surface area (Å²) in [5, 5.41) is 12.6. The van der Waals surface area contributed by atoms with Crippen molar-refractivity contribution in [3.8, 4) is 0 Å². The maximum Gasteiger partial charge on any atom is 0.187 e. The average molecular weight is 323 g/mol. The summed E-state index contributed by atoms with van der Waals surface area (Å²) >= 11 is 3.30. The normalized spacial score (nSPS) is 12.8. The standard InChI is InChI=1S/C15H21N3OS2/c1-11-4-5-21-14(11)10-18(8-12(2)19)9-13-6-16-15(20-3)17-7-13/h4-7,12,19H,8-10H2,1-3H3/t12-/m0/s1. The van der Waals surface area contributed by atoms with Crippen molar-refractivity contribution in [1.82, 2.24) is 14.9 Å². The third-order valence-corrected chi connectivity index (χ3v) is 4.71. The Kier molecular flexibility index (Phi) is 6.17. The second-order valence-corrected chi connectivity index (χ2v) is 6.90. The van der Waals surface area contributed by atoms with E-state index in [-0.39, 0.29) is 6.10 Å². The first-order chi connectivity index (χ1) is 10.1. The molecular formula is C15H21N3OS2. The number of aryl methyl sites for hydroxylation is 1. The van der Waals surface area contributed by atoms with Crippen LogP contribution in [0.3, 0.4) is 0 Å². The lowest BCUT2D eigenvalue weighted by atomic mass is 10.2. The van der Waals surface area contributed by atoms with Gasteiger partial charge in [0.05, 0.1) is 6.10 Å². The zero-order valence-corrected chi connectivity index (χ0v) is 14.2. The predicted octanol–water partition coefficient (Wildman–Crippen LogP) is 2.95. The Balaban J connectivity index is 2.06. The molecule has 4 nitrogen and oxygen atoms in total. The quantitative estimate of drug-likeness (QED) is 0.627. The van der Waals surface area contributed by atoms with Gasteiger partial charge in [0.25, 0.3) is 0 Å². The lowest BCUT2D eigenvalue weighted by Crippen LogP contribution is -2.30. The van der Waals surface area contributed by atoms with Crippen molar-refractivity contribution in [2.24, 2.45) is 0 Å². The first-order valence-electron chi connectivity index (χ1n) is 6.86. The number of rotatable bonds is 7. The molecule has 0 spiro atoms. The molecule has 0 radical (unpaired) electrons. The van der Waals surface area contributed by atoms with E-state index < -0.39 is 0 Å². The lowest BCUT2D eigenvalue weighted by molar-refractivity contribution is 0.118. The Morgan fingerprint density at radius 1 is 1.33 bits per heavy atom. The Hall–Kier alpha value is -0.950. The third kappa shape index (κ3) is 5.07. The van der Waals surface area contributed by atoms with Crippen molar-refractivity contribution >= 4 is 23.1 Å². The van der Waals surface area contributed by atoms with Gasteiger partial charge in [-0.15, -0.1) is 11.3 Å². The van der Waals surface area contributed by atoms with E-state index in [1.54, 1.807) is 11.3 Å².